The van der Waals surface area contributed by atoms with Crippen molar-refractivity contribution in [3.8, 4) is 5.69 Å². The Balaban J connectivity index is 2.46. The molecule has 0 bridgehead atoms. The van der Waals surface area contributed by atoms with Gasteiger partial charge in [-0.1, -0.05) is 17.7 Å². The maximum absolute atomic E-state index is 5.76. The molecule has 2 nitrogen and oxygen atoms in total. The molecule has 0 amide bonds. The van der Waals surface area contributed by atoms with Crippen molar-refractivity contribution in [2.45, 2.75) is 0 Å². The van der Waals surface area contributed by atoms with Gasteiger partial charge in [0.1, 0.15) is 0 Å². The molecule has 1 aromatic carbocycles. The highest BCUT2D eigenvalue weighted by Crippen LogP contribution is 2.14. The second kappa shape index (κ2) is 3.67. The Bertz CT molecular complexity index is 425. The van der Waals surface area contributed by atoms with Crippen LogP contribution in [0.1, 0.15) is 0 Å². The van der Waals surface area contributed by atoms with Crippen LogP contribution in [-0.2, 0) is 0 Å². The zero-order valence-corrected chi connectivity index (χ0v) is 9.53. The SMILES string of the molecule is Clc1cnn(-c2cccc(I)c2)c1. The molecule has 4 heteroatoms. The highest BCUT2D eigenvalue weighted by atomic mass is 127. The maximum atomic E-state index is 5.76. The van der Waals surface area contributed by atoms with Gasteiger partial charge in [-0.05, 0) is 40.8 Å². The molecule has 1 heterocycles. The van der Waals surface area contributed by atoms with E-state index in [0.29, 0.717) is 5.02 Å². The summed E-state index contributed by atoms with van der Waals surface area (Å²) in [6.45, 7) is 0. The lowest BCUT2D eigenvalue weighted by atomic mass is 10.3. The Labute approximate surface area is 94.7 Å². The van der Waals surface area contributed by atoms with Gasteiger partial charge in [0.15, 0.2) is 0 Å². The Morgan fingerprint density at radius 3 is 2.85 bits per heavy atom. The van der Waals surface area contributed by atoms with Gasteiger partial charge in [0.25, 0.3) is 0 Å². The zero-order valence-electron chi connectivity index (χ0n) is 6.61. The van der Waals surface area contributed by atoms with Gasteiger partial charge in [-0.25, -0.2) is 4.68 Å². The average molecular weight is 305 g/mol. The number of benzene rings is 1. The van der Waals surface area contributed by atoms with Gasteiger partial charge in [0, 0.05) is 9.77 Å². The Hall–Kier alpha value is -0.550. The third-order valence-electron chi connectivity index (χ3n) is 1.62. The first-order valence-corrected chi connectivity index (χ1v) is 5.17. The Morgan fingerprint density at radius 1 is 1.38 bits per heavy atom. The lowest BCUT2D eigenvalue weighted by Crippen LogP contribution is -1.93. The molecule has 0 aliphatic carbocycles. The summed E-state index contributed by atoms with van der Waals surface area (Å²) in [4.78, 5) is 0. The average Bonchev–Trinajstić information content (AvgIpc) is 2.52. The molecule has 0 N–H and O–H groups in total. The van der Waals surface area contributed by atoms with Crippen molar-refractivity contribution in [1.29, 1.82) is 0 Å². The standard InChI is InChI=1S/C9H6ClIN2/c10-7-5-12-13(6-7)9-3-1-2-8(11)4-9/h1-6H. The summed E-state index contributed by atoms with van der Waals surface area (Å²) in [5.74, 6) is 0. The quantitative estimate of drug-likeness (QED) is 0.740. The van der Waals surface area contributed by atoms with E-state index < -0.39 is 0 Å². The number of halogens is 2. The van der Waals surface area contributed by atoms with Crippen LogP contribution < -0.4 is 0 Å². The van der Waals surface area contributed by atoms with E-state index >= 15 is 0 Å². The van der Waals surface area contributed by atoms with E-state index in [2.05, 4.69) is 27.7 Å². The lowest BCUT2D eigenvalue weighted by Gasteiger charge is -2.00. The Kier molecular flexibility index (Phi) is 2.55. The van der Waals surface area contributed by atoms with Crippen molar-refractivity contribution < 1.29 is 0 Å². The third-order valence-corrected chi connectivity index (χ3v) is 2.49. The molecule has 0 unspecified atom stereocenters. The van der Waals surface area contributed by atoms with E-state index in [1.54, 1.807) is 17.1 Å². The van der Waals surface area contributed by atoms with Crippen molar-refractivity contribution in [2.24, 2.45) is 0 Å². The molecule has 0 radical (unpaired) electrons. The van der Waals surface area contributed by atoms with Crippen LogP contribution in [0.5, 0.6) is 0 Å². The second-order valence-electron chi connectivity index (χ2n) is 2.58. The van der Waals surface area contributed by atoms with Crippen LogP contribution >= 0.6 is 34.2 Å². The fourth-order valence-corrected chi connectivity index (χ4v) is 1.72. The van der Waals surface area contributed by atoms with Gasteiger partial charge in [-0.3, -0.25) is 0 Å². The molecule has 2 aromatic rings. The molecular weight excluding hydrogens is 298 g/mol. The molecule has 66 valence electrons. The number of aromatic nitrogens is 2. The van der Waals surface area contributed by atoms with Gasteiger partial charge in [-0.15, -0.1) is 0 Å². The van der Waals surface area contributed by atoms with Crippen LogP contribution in [0.15, 0.2) is 36.7 Å². The van der Waals surface area contributed by atoms with Crippen LogP contribution in [-0.4, -0.2) is 9.78 Å². The van der Waals surface area contributed by atoms with E-state index in [4.69, 9.17) is 11.6 Å². The van der Waals surface area contributed by atoms with Crippen LogP contribution in [0.25, 0.3) is 5.69 Å². The fourth-order valence-electron chi connectivity index (χ4n) is 1.06. The van der Waals surface area contributed by atoms with Crippen LogP contribution in [0.4, 0.5) is 0 Å². The van der Waals surface area contributed by atoms with Gasteiger partial charge in [0.05, 0.1) is 16.9 Å². The predicted molar refractivity (Wildman–Crippen MR) is 61.3 cm³/mol. The smallest absolute Gasteiger partial charge is 0.0790 e. The molecule has 0 saturated carbocycles. The van der Waals surface area contributed by atoms with Crippen molar-refractivity contribution in [2.75, 3.05) is 0 Å². The number of rotatable bonds is 1. The minimum atomic E-state index is 0.652. The summed E-state index contributed by atoms with van der Waals surface area (Å²) < 4.78 is 2.94. The lowest BCUT2D eigenvalue weighted by molar-refractivity contribution is 0.880. The molecule has 0 spiro atoms. The van der Waals surface area contributed by atoms with Crippen LogP contribution in [0.2, 0.25) is 5.02 Å². The largest absolute Gasteiger partial charge is 0.239 e. The molecule has 0 fully saturated rings. The maximum Gasteiger partial charge on any atom is 0.0790 e. The van der Waals surface area contributed by atoms with Crippen molar-refractivity contribution in [3.05, 3.63) is 45.3 Å². The van der Waals surface area contributed by atoms with Crippen LogP contribution in [0, 0.1) is 3.57 Å². The first-order valence-electron chi connectivity index (χ1n) is 3.72. The van der Waals surface area contributed by atoms with Crippen molar-refractivity contribution in [3.63, 3.8) is 0 Å². The summed E-state index contributed by atoms with van der Waals surface area (Å²) in [6, 6.07) is 8.07. The number of hydrogen-bond acceptors (Lipinski definition) is 1. The molecular formula is C9H6ClIN2. The van der Waals surface area contributed by atoms with E-state index in [1.807, 2.05) is 24.3 Å². The highest BCUT2D eigenvalue weighted by molar-refractivity contribution is 14.1. The Morgan fingerprint density at radius 2 is 2.23 bits per heavy atom. The predicted octanol–water partition coefficient (Wildman–Crippen LogP) is 3.13. The first kappa shape index (κ1) is 9.02. The van der Waals surface area contributed by atoms with Gasteiger partial charge in [-0.2, -0.15) is 5.10 Å². The zero-order chi connectivity index (χ0) is 9.26. The molecule has 0 saturated heterocycles. The van der Waals surface area contributed by atoms with Crippen molar-refractivity contribution in [1.82, 2.24) is 9.78 Å². The van der Waals surface area contributed by atoms with E-state index in [9.17, 15) is 0 Å². The normalized spacial score (nSPS) is 10.3. The highest BCUT2D eigenvalue weighted by Gasteiger charge is 1.98. The monoisotopic (exact) mass is 304 g/mol. The third kappa shape index (κ3) is 2.03. The second-order valence-corrected chi connectivity index (χ2v) is 4.27. The minimum Gasteiger partial charge on any atom is -0.239 e. The summed E-state index contributed by atoms with van der Waals surface area (Å²) in [5, 5.41) is 4.76. The van der Waals surface area contributed by atoms with E-state index in [0.717, 1.165) is 5.69 Å². The van der Waals surface area contributed by atoms with Crippen molar-refractivity contribution >= 4 is 34.2 Å². The molecule has 2 rings (SSSR count). The molecule has 1 aromatic heterocycles. The minimum absolute atomic E-state index is 0.652. The van der Waals surface area contributed by atoms with E-state index in [1.165, 1.54) is 3.57 Å². The summed E-state index contributed by atoms with van der Waals surface area (Å²) in [6.07, 6.45) is 3.41. The summed E-state index contributed by atoms with van der Waals surface area (Å²) in [5.41, 5.74) is 1.03. The summed E-state index contributed by atoms with van der Waals surface area (Å²) in [7, 11) is 0. The molecule has 0 aliphatic rings. The summed E-state index contributed by atoms with van der Waals surface area (Å²) >= 11 is 8.03. The van der Waals surface area contributed by atoms with E-state index in [-0.39, 0.29) is 0 Å². The molecule has 0 atom stereocenters. The number of hydrogen-bond donors (Lipinski definition) is 0. The topological polar surface area (TPSA) is 17.8 Å². The number of nitrogens with zero attached hydrogens (tertiary/aromatic N) is 2. The van der Waals surface area contributed by atoms with Gasteiger partial charge in [0.2, 0.25) is 0 Å². The molecule has 13 heavy (non-hydrogen) atoms. The van der Waals surface area contributed by atoms with Crippen LogP contribution in [0.3, 0.4) is 0 Å². The van der Waals surface area contributed by atoms with Gasteiger partial charge < -0.3 is 0 Å². The van der Waals surface area contributed by atoms with Gasteiger partial charge >= 0.3 is 0 Å². The molecule has 0 aliphatic heterocycles. The first-order chi connectivity index (χ1) is 6.25. The fraction of sp³-hybridized carbons (Fsp3) is 0.